The highest BCUT2D eigenvalue weighted by Crippen LogP contribution is 2.25. The summed E-state index contributed by atoms with van der Waals surface area (Å²) in [6, 6.07) is 15.9. The van der Waals surface area contributed by atoms with Crippen molar-refractivity contribution in [3.63, 3.8) is 0 Å². The maximum absolute atomic E-state index is 11.6. The van der Waals surface area contributed by atoms with Gasteiger partial charge in [-0.15, -0.1) is 0 Å². The van der Waals surface area contributed by atoms with E-state index in [4.69, 9.17) is 9.88 Å². The normalized spacial score (nSPS) is 11.7. The number of esters is 1. The van der Waals surface area contributed by atoms with Crippen molar-refractivity contribution in [2.45, 2.75) is 18.7 Å². The van der Waals surface area contributed by atoms with Gasteiger partial charge in [-0.05, 0) is 50.3 Å². The fourth-order valence-electron chi connectivity index (χ4n) is 2.73. The molecule has 0 amide bonds. The number of aromatic nitrogens is 2. The molecule has 0 aliphatic rings. The van der Waals surface area contributed by atoms with Crippen LogP contribution >= 0.6 is 0 Å². The van der Waals surface area contributed by atoms with E-state index >= 15 is 0 Å². The number of hydrogen-bond acceptors (Lipinski definition) is 5. The van der Waals surface area contributed by atoms with Crippen molar-refractivity contribution in [2.24, 2.45) is 5.14 Å². The van der Waals surface area contributed by atoms with Gasteiger partial charge in [-0.2, -0.15) is 5.10 Å². The van der Waals surface area contributed by atoms with Crippen LogP contribution in [0.1, 0.15) is 18.2 Å². The molecule has 0 unspecified atom stereocenters. The van der Waals surface area contributed by atoms with E-state index in [0.29, 0.717) is 18.0 Å². The van der Waals surface area contributed by atoms with Crippen molar-refractivity contribution in [1.82, 2.24) is 9.78 Å². The summed E-state index contributed by atoms with van der Waals surface area (Å²) in [7, 11) is -3.78. The highest BCUT2D eigenvalue weighted by molar-refractivity contribution is 7.89. The summed E-state index contributed by atoms with van der Waals surface area (Å²) in [5.74, 6) is -0.448. The summed E-state index contributed by atoms with van der Waals surface area (Å²) in [5, 5.41) is 9.72. The molecule has 150 valence electrons. The number of sulfonamides is 1. The zero-order valence-corrected chi connectivity index (χ0v) is 16.9. The Bertz CT molecular complexity index is 1150. The fraction of sp³-hybridized carbons (Fsp3) is 0.143. The summed E-state index contributed by atoms with van der Waals surface area (Å²) in [4.78, 5) is 11.6. The Balaban J connectivity index is 2.06. The molecule has 1 heterocycles. The Kier molecular flexibility index (Phi) is 5.95. The second-order valence-electron chi connectivity index (χ2n) is 6.36. The van der Waals surface area contributed by atoms with Crippen LogP contribution < -0.4 is 5.14 Å². The molecule has 7 nitrogen and oxygen atoms in total. The van der Waals surface area contributed by atoms with Crippen LogP contribution in [-0.4, -0.2) is 30.8 Å². The highest BCUT2D eigenvalue weighted by Gasteiger charge is 2.13. The van der Waals surface area contributed by atoms with E-state index in [-0.39, 0.29) is 4.90 Å². The van der Waals surface area contributed by atoms with Gasteiger partial charge in [0.15, 0.2) is 0 Å². The molecule has 0 spiro atoms. The van der Waals surface area contributed by atoms with Crippen LogP contribution in [0.4, 0.5) is 0 Å². The Morgan fingerprint density at radius 2 is 1.79 bits per heavy atom. The zero-order chi connectivity index (χ0) is 21.0. The predicted molar refractivity (Wildman–Crippen MR) is 111 cm³/mol. The summed E-state index contributed by atoms with van der Waals surface area (Å²) in [6.45, 7) is 4.03. The van der Waals surface area contributed by atoms with Crippen molar-refractivity contribution in [3.05, 3.63) is 71.9 Å². The topological polar surface area (TPSA) is 104 Å². The Hall–Kier alpha value is -3.23. The maximum Gasteiger partial charge on any atom is 0.330 e. The Morgan fingerprint density at radius 3 is 2.38 bits per heavy atom. The minimum atomic E-state index is -3.78. The number of rotatable bonds is 6. The first-order valence-electron chi connectivity index (χ1n) is 8.93. The van der Waals surface area contributed by atoms with E-state index in [0.717, 1.165) is 16.8 Å². The average molecular weight is 411 g/mol. The third-order valence-corrected chi connectivity index (χ3v) is 5.09. The van der Waals surface area contributed by atoms with Gasteiger partial charge in [-0.1, -0.05) is 29.8 Å². The standard InChI is InChI=1S/C21H21N3O4S/c1-3-28-21(25)13-8-17-14-20(16-6-4-15(2)5-7-16)24(23-17)18-9-11-19(12-10-18)29(22,26)27/h4-14H,3H2,1-2H3,(H2,22,26,27)/b13-8+. The summed E-state index contributed by atoms with van der Waals surface area (Å²) >= 11 is 0. The van der Waals surface area contributed by atoms with Crippen molar-refractivity contribution in [2.75, 3.05) is 6.61 Å². The Morgan fingerprint density at radius 1 is 1.14 bits per heavy atom. The van der Waals surface area contributed by atoms with Crippen molar-refractivity contribution in [3.8, 4) is 16.9 Å². The smallest absolute Gasteiger partial charge is 0.330 e. The first-order chi connectivity index (χ1) is 13.8. The van der Waals surface area contributed by atoms with E-state index in [1.165, 1.54) is 18.2 Å². The van der Waals surface area contributed by atoms with Crippen molar-refractivity contribution in [1.29, 1.82) is 0 Å². The number of aryl methyl sites for hydroxylation is 1. The molecule has 29 heavy (non-hydrogen) atoms. The molecule has 2 aromatic carbocycles. The monoisotopic (exact) mass is 411 g/mol. The highest BCUT2D eigenvalue weighted by atomic mass is 32.2. The third-order valence-electron chi connectivity index (χ3n) is 4.16. The molecule has 3 rings (SSSR count). The van der Waals surface area contributed by atoms with Crippen LogP contribution in [0.3, 0.4) is 0 Å². The van der Waals surface area contributed by atoms with Crippen molar-refractivity contribution >= 4 is 22.1 Å². The van der Waals surface area contributed by atoms with Gasteiger partial charge in [-0.3, -0.25) is 0 Å². The lowest BCUT2D eigenvalue weighted by atomic mass is 10.1. The van der Waals surface area contributed by atoms with Gasteiger partial charge in [0.25, 0.3) is 0 Å². The molecular weight excluding hydrogens is 390 g/mol. The minimum Gasteiger partial charge on any atom is -0.463 e. The van der Waals surface area contributed by atoms with E-state index in [2.05, 4.69) is 5.10 Å². The van der Waals surface area contributed by atoms with Gasteiger partial charge >= 0.3 is 5.97 Å². The second kappa shape index (κ2) is 8.42. The Labute approximate surface area is 169 Å². The quantitative estimate of drug-likeness (QED) is 0.496. The van der Waals surface area contributed by atoms with Gasteiger partial charge < -0.3 is 4.74 Å². The lowest BCUT2D eigenvalue weighted by molar-refractivity contribution is -0.137. The van der Waals surface area contributed by atoms with Gasteiger partial charge in [0, 0.05) is 11.6 Å². The third kappa shape index (κ3) is 4.98. The molecular formula is C21H21N3O4S. The molecule has 0 aliphatic carbocycles. The lowest BCUT2D eigenvalue weighted by Crippen LogP contribution is -2.12. The van der Waals surface area contributed by atoms with E-state index in [9.17, 15) is 13.2 Å². The average Bonchev–Trinajstić information content (AvgIpc) is 3.11. The number of carbonyl (C=O) groups is 1. The number of nitrogens with zero attached hydrogens (tertiary/aromatic N) is 2. The van der Waals surface area contributed by atoms with Crippen LogP contribution in [0.2, 0.25) is 0 Å². The molecule has 0 saturated heterocycles. The minimum absolute atomic E-state index is 0.0210. The molecule has 3 aromatic rings. The van der Waals surface area contributed by atoms with E-state index < -0.39 is 16.0 Å². The first-order valence-corrected chi connectivity index (χ1v) is 10.5. The van der Waals surface area contributed by atoms with Crippen molar-refractivity contribution < 1.29 is 17.9 Å². The molecule has 2 N–H and O–H groups in total. The molecule has 0 saturated carbocycles. The first kappa shape index (κ1) is 20.5. The van der Waals surface area contributed by atoms with Crippen LogP contribution in [0.15, 0.2) is 65.6 Å². The summed E-state index contributed by atoms with van der Waals surface area (Å²) in [6.07, 6.45) is 2.89. The summed E-state index contributed by atoms with van der Waals surface area (Å²) in [5.41, 5.74) is 4.05. The van der Waals surface area contributed by atoms with E-state index in [1.807, 2.05) is 37.3 Å². The van der Waals surface area contributed by atoms with E-state index in [1.54, 1.807) is 29.8 Å². The second-order valence-corrected chi connectivity index (χ2v) is 7.92. The number of primary sulfonamides is 1. The van der Waals surface area contributed by atoms with Crippen LogP contribution in [-0.2, 0) is 19.6 Å². The lowest BCUT2D eigenvalue weighted by Gasteiger charge is -2.08. The number of hydrogen-bond donors (Lipinski definition) is 1. The van der Waals surface area contributed by atoms with Crippen LogP contribution in [0, 0.1) is 6.92 Å². The number of benzene rings is 2. The number of carbonyl (C=O) groups excluding carboxylic acids is 1. The van der Waals surface area contributed by atoms with Gasteiger partial charge in [-0.25, -0.2) is 23.0 Å². The van der Waals surface area contributed by atoms with Crippen LogP contribution in [0.25, 0.3) is 23.0 Å². The molecule has 0 bridgehead atoms. The number of nitrogens with two attached hydrogens (primary N) is 1. The largest absolute Gasteiger partial charge is 0.463 e. The molecule has 1 aromatic heterocycles. The van der Waals surface area contributed by atoms with Gasteiger partial charge in [0.2, 0.25) is 10.0 Å². The molecule has 0 aliphatic heterocycles. The van der Waals surface area contributed by atoms with Gasteiger partial charge in [0.05, 0.1) is 28.6 Å². The zero-order valence-electron chi connectivity index (χ0n) is 16.1. The molecule has 0 radical (unpaired) electrons. The van der Waals surface area contributed by atoms with Gasteiger partial charge in [0.1, 0.15) is 0 Å². The molecule has 8 heteroatoms. The molecule has 0 fully saturated rings. The fourth-order valence-corrected chi connectivity index (χ4v) is 3.24. The number of ether oxygens (including phenoxy) is 1. The SMILES string of the molecule is CCOC(=O)/C=C/c1cc(-c2ccc(C)cc2)n(-c2ccc(S(N)(=O)=O)cc2)n1. The summed E-state index contributed by atoms with van der Waals surface area (Å²) < 4.78 is 29.6. The van der Waals surface area contributed by atoms with Crippen LogP contribution in [0.5, 0.6) is 0 Å². The maximum atomic E-state index is 11.6. The predicted octanol–water partition coefficient (Wildman–Crippen LogP) is 3.07. The molecule has 0 atom stereocenters.